The number of ether oxygens (including phenoxy) is 1. The number of cyclic esters (lactones) is 1. The molecule has 2 heterocycles. The SMILES string of the molecule is O=C(CCN1CCCN(Cc2ccc(C(F)(F)F)cc2)C(=O)OCC1)c1ccc2[nH]c(=O)oc2c1.[HH]. The standard InChI is InChI=1S/C24H24F3N3O5.H2/c25-24(26,27)18-5-2-16(3-6-18)15-30-10-1-9-29(12-13-34-23(30)33)11-8-20(31)17-4-7-19-21(14-17)35-22(32)28-19;/h2-7,14H,1,8-13,15H2,(H,28,32);1H. The monoisotopic (exact) mass is 493 g/mol. The van der Waals surface area contributed by atoms with Crippen LogP contribution in [0.15, 0.2) is 51.7 Å². The number of halogens is 3. The van der Waals surface area contributed by atoms with Crippen molar-refractivity contribution in [3.8, 4) is 0 Å². The van der Waals surface area contributed by atoms with Gasteiger partial charge in [0, 0.05) is 39.6 Å². The van der Waals surface area contributed by atoms with E-state index in [2.05, 4.69) is 4.98 Å². The molecule has 2 aromatic carbocycles. The summed E-state index contributed by atoms with van der Waals surface area (Å²) in [7, 11) is 0. The number of amides is 1. The molecule has 1 amide bonds. The van der Waals surface area contributed by atoms with E-state index >= 15 is 0 Å². The Balaban J connectivity index is 0.00000361. The van der Waals surface area contributed by atoms with Gasteiger partial charge in [-0.2, -0.15) is 13.2 Å². The zero-order valence-electron chi connectivity index (χ0n) is 18.8. The topological polar surface area (TPSA) is 95.9 Å². The van der Waals surface area contributed by atoms with Gasteiger partial charge >= 0.3 is 18.0 Å². The minimum atomic E-state index is -4.41. The number of aromatic nitrogens is 1. The van der Waals surface area contributed by atoms with Crippen molar-refractivity contribution in [2.75, 3.05) is 32.8 Å². The van der Waals surface area contributed by atoms with Gasteiger partial charge in [0.2, 0.25) is 0 Å². The highest BCUT2D eigenvalue weighted by Gasteiger charge is 2.30. The van der Waals surface area contributed by atoms with E-state index in [-0.39, 0.29) is 26.8 Å². The maximum Gasteiger partial charge on any atom is 0.417 e. The van der Waals surface area contributed by atoms with E-state index < -0.39 is 23.6 Å². The quantitative estimate of drug-likeness (QED) is 0.515. The number of ketones is 1. The minimum absolute atomic E-state index is 0. The molecular weight excluding hydrogens is 467 g/mol. The van der Waals surface area contributed by atoms with Crippen molar-refractivity contribution in [1.82, 2.24) is 14.8 Å². The molecule has 1 aliphatic heterocycles. The summed E-state index contributed by atoms with van der Waals surface area (Å²) in [5.41, 5.74) is 1.12. The molecule has 0 atom stereocenters. The molecule has 188 valence electrons. The predicted molar refractivity (Wildman–Crippen MR) is 122 cm³/mol. The van der Waals surface area contributed by atoms with Crippen LogP contribution in [0.3, 0.4) is 0 Å². The number of hydrogen-bond donors (Lipinski definition) is 1. The third kappa shape index (κ3) is 6.30. The van der Waals surface area contributed by atoms with Crippen molar-refractivity contribution in [3.63, 3.8) is 0 Å². The highest BCUT2D eigenvalue weighted by Crippen LogP contribution is 2.29. The number of carbonyl (C=O) groups is 2. The molecule has 0 saturated carbocycles. The number of hydrogen-bond acceptors (Lipinski definition) is 6. The molecule has 1 aromatic heterocycles. The molecule has 1 N–H and O–H groups in total. The summed E-state index contributed by atoms with van der Waals surface area (Å²) in [6.45, 7) is 2.19. The number of H-pyrrole nitrogens is 1. The van der Waals surface area contributed by atoms with Gasteiger partial charge in [-0.1, -0.05) is 12.1 Å². The summed E-state index contributed by atoms with van der Waals surface area (Å²) < 4.78 is 48.6. The van der Waals surface area contributed by atoms with Gasteiger partial charge in [-0.15, -0.1) is 0 Å². The Labute approximate surface area is 199 Å². The summed E-state index contributed by atoms with van der Waals surface area (Å²) in [6, 6.07) is 9.50. The zero-order valence-corrected chi connectivity index (χ0v) is 18.8. The molecule has 0 spiro atoms. The van der Waals surface area contributed by atoms with Crippen LogP contribution < -0.4 is 5.76 Å². The number of nitrogens with zero attached hydrogens (tertiary/aromatic N) is 2. The fraction of sp³-hybridized carbons (Fsp3) is 0.375. The Bertz CT molecular complexity index is 1260. The van der Waals surface area contributed by atoms with Crippen LogP contribution in [0.5, 0.6) is 0 Å². The minimum Gasteiger partial charge on any atom is -0.448 e. The Kier molecular flexibility index (Phi) is 7.25. The van der Waals surface area contributed by atoms with Crippen LogP contribution in [0.4, 0.5) is 18.0 Å². The lowest BCUT2D eigenvalue weighted by Crippen LogP contribution is -2.32. The van der Waals surface area contributed by atoms with Gasteiger partial charge in [-0.3, -0.25) is 14.7 Å². The van der Waals surface area contributed by atoms with Gasteiger partial charge in [0.05, 0.1) is 11.1 Å². The van der Waals surface area contributed by atoms with Crippen molar-refractivity contribution in [2.45, 2.75) is 25.6 Å². The molecule has 0 unspecified atom stereocenters. The second-order valence-corrected chi connectivity index (χ2v) is 8.32. The van der Waals surface area contributed by atoms with Crippen molar-refractivity contribution in [3.05, 3.63) is 69.7 Å². The van der Waals surface area contributed by atoms with Crippen LogP contribution in [0.2, 0.25) is 0 Å². The van der Waals surface area contributed by atoms with Crippen molar-refractivity contribution >= 4 is 23.0 Å². The lowest BCUT2D eigenvalue weighted by atomic mass is 10.1. The largest absolute Gasteiger partial charge is 0.448 e. The number of alkyl halides is 3. The van der Waals surface area contributed by atoms with Gasteiger partial charge in [0.25, 0.3) is 0 Å². The van der Waals surface area contributed by atoms with Crippen molar-refractivity contribution in [1.29, 1.82) is 0 Å². The fourth-order valence-electron chi connectivity index (χ4n) is 3.95. The van der Waals surface area contributed by atoms with Crippen LogP contribution in [0.1, 0.15) is 35.8 Å². The predicted octanol–water partition coefficient (Wildman–Crippen LogP) is 4.30. The highest BCUT2D eigenvalue weighted by atomic mass is 19.4. The molecule has 1 fully saturated rings. The first kappa shape index (κ1) is 24.5. The third-order valence-corrected chi connectivity index (χ3v) is 5.85. The summed E-state index contributed by atoms with van der Waals surface area (Å²) in [5, 5.41) is 0. The molecule has 4 rings (SSSR count). The summed E-state index contributed by atoms with van der Waals surface area (Å²) in [4.78, 5) is 42.4. The second-order valence-electron chi connectivity index (χ2n) is 8.32. The van der Waals surface area contributed by atoms with E-state index in [9.17, 15) is 27.6 Å². The van der Waals surface area contributed by atoms with Crippen LogP contribution in [0, 0.1) is 0 Å². The number of nitrogens with one attached hydrogen (secondary N) is 1. The molecule has 1 saturated heterocycles. The first-order valence-corrected chi connectivity index (χ1v) is 11.2. The smallest absolute Gasteiger partial charge is 0.417 e. The number of oxazole rings is 1. The Hall–Kier alpha value is -3.60. The van der Waals surface area contributed by atoms with Crippen LogP contribution in [-0.2, 0) is 17.5 Å². The summed E-state index contributed by atoms with van der Waals surface area (Å²) in [5.74, 6) is -0.681. The van der Waals surface area contributed by atoms with E-state index in [4.69, 9.17) is 9.15 Å². The number of aromatic amines is 1. The molecular formula is C24H26F3N3O5. The number of fused-ring (bicyclic) bond motifs is 1. The lowest BCUT2D eigenvalue weighted by Gasteiger charge is -2.21. The maximum absolute atomic E-state index is 12.8. The van der Waals surface area contributed by atoms with E-state index in [0.717, 1.165) is 12.1 Å². The third-order valence-electron chi connectivity index (χ3n) is 5.85. The van der Waals surface area contributed by atoms with E-state index in [1.54, 1.807) is 12.1 Å². The molecule has 0 radical (unpaired) electrons. The zero-order chi connectivity index (χ0) is 25.0. The van der Waals surface area contributed by atoms with Crippen LogP contribution in [-0.4, -0.2) is 59.4 Å². The van der Waals surface area contributed by atoms with E-state index in [1.807, 2.05) is 4.90 Å². The highest BCUT2D eigenvalue weighted by molar-refractivity contribution is 5.98. The van der Waals surface area contributed by atoms with Gasteiger partial charge in [-0.05, 0) is 48.9 Å². The molecule has 0 aliphatic carbocycles. The van der Waals surface area contributed by atoms with Crippen molar-refractivity contribution < 1.29 is 33.3 Å². The van der Waals surface area contributed by atoms with E-state index in [0.29, 0.717) is 54.8 Å². The number of benzene rings is 2. The average molecular weight is 493 g/mol. The molecule has 11 heteroatoms. The van der Waals surface area contributed by atoms with Gasteiger partial charge < -0.3 is 14.1 Å². The number of carbonyl (C=O) groups excluding carboxylic acids is 2. The molecule has 35 heavy (non-hydrogen) atoms. The lowest BCUT2D eigenvalue weighted by molar-refractivity contribution is -0.137. The molecule has 3 aromatic rings. The number of rotatable bonds is 6. The summed E-state index contributed by atoms with van der Waals surface area (Å²) in [6.07, 6.45) is -4.08. The Morgan fingerprint density at radius 3 is 2.57 bits per heavy atom. The van der Waals surface area contributed by atoms with Gasteiger partial charge in [0.15, 0.2) is 11.4 Å². The normalized spacial score (nSPS) is 16.0. The van der Waals surface area contributed by atoms with Crippen LogP contribution >= 0.6 is 0 Å². The first-order chi connectivity index (χ1) is 16.7. The Morgan fingerprint density at radius 2 is 1.83 bits per heavy atom. The fourth-order valence-corrected chi connectivity index (χ4v) is 3.95. The first-order valence-electron chi connectivity index (χ1n) is 11.2. The van der Waals surface area contributed by atoms with Crippen molar-refractivity contribution in [2.24, 2.45) is 0 Å². The molecule has 0 bridgehead atoms. The average Bonchev–Trinajstić information content (AvgIpc) is 3.22. The molecule has 1 aliphatic rings. The second kappa shape index (κ2) is 10.3. The van der Waals surface area contributed by atoms with Gasteiger partial charge in [-0.25, -0.2) is 9.59 Å². The Morgan fingerprint density at radius 1 is 1.06 bits per heavy atom. The maximum atomic E-state index is 12.8. The van der Waals surface area contributed by atoms with Gasteiger partial charge in [0.1, 0.15) is 6.61 Å². The number of Topliss-reactive ketones (excluding diaryl/α,β-unsaturated/α-hetero) is 1. The molecule has 8 nitrogen and oxygen atoms in total. The summed E-state index contributed by atoms with van der Waals surface area (Å²) >= 11 is 0. The van der Waals surface area contributed by atoms with Crippen LogP contribution in [0.25, 0.3) is 11.1 Å². The van der Waals surface area contributed by atoms with E-state index in [1.165, 1.54) is 23.1 Å².